The topological polar surface area (TPSA) is 77.3 Å². The molecule has 1 aromatic rings. The molecule has 0 spiro atoms. The molecule has 0 aliphatic heterocycles. The van der Waals surface area contributed by atoms with Gasteiger partial charge in [-0.25, -0.2) is 4.98 Å². The maximum atomic E-state index is 10.5. The number of nitrogens with zero attached hydrogens (tertiary/aromatic N) is 2. The number of rotatable bonds is 5. The van der Waals surface area contributed by atoms with Crippen LogP contribution in [0.1, 0.15) is 19.3 Å². The van der Waals surface area contributed by atoms with Crippen LogP contribution in [-0.4, -0.2) is 29.2 Å². The monoisotopic (exact) mass is 271 g/mol. The molecule has 0 bridgehead atoms. The van der Waals surface area contributed by atoms with Crippen LogP contribution in [0.25, 0.3) is 0 Å². The van der Waals surface area contributed by atoms with Gasteiger partial charge in [-0.1, -0.05) is 11.6 Å². The van der Waals surface area contributed by atoms with E-state index in [1.807, 2.05) is 0 Å². The highest BCUT2D eigenvalue weighted by Gasteiger charge is 2.36. The van der Waals surface area contributed by atoms with Crippen molar-refractivity contribution in [1.82, 2.24) is 4.98 Å². The Hall–Kier alpha value is -1.40. The van der Waals surface area contributed by atoms with Crippen molar-refractivity contribution in [3.05, 3.63) is 27.4 Å². The zero-order valence-electron chi connectivity index (χ0n) is 9.98. The van der Waals surface area contributed by atoms with Gasteiger partial charge in [0.2, 0.25) is 0 Å². The van der Waals surface area contributed by atoms with Crippen molar-refractivity contribution >= 4 is 23.1 Å². The van der Waals surface area contributed by atoms with Crippen LogP contribution in [0.15, 0.2) is 12.3 Å². The first-order valence-corrected chi connectivity index (χ1v) is 6.03. The number of hydrogen-bond acceptors (Lipinski definition) is 5. The Morgan fingerprint density at radius 2 is 2.39 bits per heavy atom. The van der Waals surface area contributed by atoms with Crippen molar-refractivity contribution in [1.29, 1.82) is 0 Å². The molecule has 0 aromatic carbocycles. The molecule has 1 N–H and O–H groups in total. The van der Waals surface area contributed by atoms with E-state index in [0.717, 1.165) is 19.3 Å². The number of methoxy groups -OCH3 is 1. The van der Waals surface area contributed by atoms with E-state index < -0.39 is 4.92 Å². The summed E-state index contributed by atoms with van der Waals surface area (Å²) in [5, 5.41) is 13.9. The fraction of sp³-hybridized carbons (Fsp3) is 0.545. The highest BCUT2D eigenvalue weighted by Crippen LogP contribution is 2.35. The standard InChI is InChI=1S/C11H14ClN3O3/c1-18-11(3-2-4-11)7-14-10-9(12)5-8(6-13-10)15(16)17/h5-6H,2-4,7H2,1H3,(H,13,14). The van der Waals surface area contributed by atoms with E-state index in [0.29, 0.717) is 12.4 Å². The van der Waals surface area contributed by atoms with Crippen LogP contribution in [0.3, 0.4) is 0 Å². The summed E-state index contributed by atoms with van der Waals surface area (Å²) < 4.78 is 5.46. The lowest BCUT2D eigenvalue weighted by Crippen LogP contribution is -2.45. The molecule has 0 amide bonds. The van der Waals surface area contributed by atoms with Gasteiger partial charge < -0.3 is 10.1 Å². The van der Waals surface area contributed by atoms with Gasteiger partial charge in [0, 0.05) is 19.7 Å². The van der Waals surface area contributed by atoms with E-state index in [4.69, 9.17) is 16.3 Å². The number of pyridine rings is 1. The molecule has 0 saturated heterocycles. The van der Waals surface area contributed by atoms with E-state index in [-0.39, 0.29) is 16.3 Å². The molecule has 7 heteroatoms. The molecule has 1 fully saturated rings. The number of halogens is 1. The smallest absolute Gasteiger partial charge is 0.289 e. The Kier molecular flexibility index (Phi) is 3.68. The van der Waals surface area contributed by atoms with E-state index in [2.05, 4.69) is 10.3 Å². The second-order valence-electron chi connectivity index (χ2n) is 4.38. The number of anilines is 1. The van der Waals surface area contributed by atoms with Crippen LogP contribution in [0.5, 0.6) is 0 Å². The molecule has 1 aliphatic carbocycles. The Labute approximate surface area is 109 Å². The van der Waals surface area contributed by atoms with Crippen LogP contribution in [0.2, 0.25) is 5.02 Å². The van der Waals surface area contributed by atoms with Crippen LogP contribution >= 0.6 is 11.6 Å². The Balaban J connectivity index is 2.03. The predicted molar refractivity (Wildman–Crippen MR) is 68.0 cm³/mol. The predicted octanol–water partition coefficient (Wildman–Crippen LogP) is 2.62. The van der Waals surface area contributed by atoms with Crippen LogP contribution < -0.4 is 5.32 Å². The lowest BCUT2D eigenvalue weighted by molar-refractivity contribution is -0.385. The zero-order valence-corrected chi connectivity index (χ0v) is 10.7. The molecule has 1 saturated carbocycles. The van der Waals surface area contributed by atoms with Crippen LogP contribution in [-0.2, 0) is 4.74 Å². The van der Waals surface area contributed by atoms with Gasteiger partial charge in [0.1, 0.15) is 12.0 Å². The molecule has 0 unspecified atom stereocenters. The summed E-state index contributed by atoms with van der Waals surface area (Å²) in [7, 11) is 1.69. The maximum Gasteiger partial charge on any atom is 0.289 e. The Morgan fingerprint density at radius 1 is 1.67 bits per heavy atom. The van der Waals surface area contributed by atoms with Gasteiger partial charge in [-0.3, -0.25) is 10.1 Å². The lowest BCUT2D eigenvalue weighted by Gasteiger charge is -2.40. The third kappa shape index (κ3) is 2.54. The second-order valence-corrected chi connectivity index (χ2v) is 4.78. The number of nitrogens with one attached hydrogen (secondary N) is 1. The van der Waals surface area contributed by atoms with Gasteiger partial charge in [-0.05, 0) is 19.3 Å². The summed E-state index contributed by atoms with van der Waals surface area (Å²) in [5.41, 5.74) is -0.261. The maximum absolute atomic E-state index is 10.5. The number of ether oxygens (including phenoxy) is 1. The highest BCUT2D eigenvalue weighted by atomic mass is 35.5. The Bertz CT molecular complexity index is 457. The van der Waals surface area contributed by atoms with Crippen molar-refractivity contribution in [2.75, 3.05) is 19.0 Å². The van der Waals surface area contributed by atoms with E-state index in [1.165, 1.54) is 12.3 Å². The molecule has 98 valence electrons. The summed E-state index contributed by atoms with van der Waals surface area (Å²) in [6, 6.07) is 1.29. The fourth-order valence-corrected chi connectivity index (χ4v) is 2.15. The van der Waals surface area contributed by atoms with Gasteiger partial charge in [0.15, 0.2) is 0 Å². The van der Waals surface area contributed by atoms with Crippen molar-refractivity contribution in [2.24, 2.45) is 0 Å². The molecule has 2 rings (SSSR count). The van der Waals surface area contributed by atoms with Gasteiger partial charge in [-0.15, -0.1) is 0 Å². The molecule has 1 aromatic heterocycles. The number of nitro groups is 1. The van der Waals surface area contributed by atoms with Gasteiger partial charge in [0.25, 0.3) is 5.69 Å². The molecular weight excluding hydrogens is 258 g/mol. The molecule has 0 atom stereocenters. The second kappa shape index (κ2) is 5.07. The Morgan fingerprint density at radius 3 is 2.83 bits per heavy atom. The van der Waals surface area contributed by atoms with Crippen LogP contribution in [0.4, 0.5) is 11.5 Å². The molecule has 18 heavy (non-hydrogen) atoms. The fourth-order valence-electron chi connectivity index (χ4n) is 1.93. The zero-order chi connectivity index (χ0) is 13.2. The summed E-state index contributed by atoms with van der Waals surface area (Å²) >= 11 is 5.94. The van der Waals surface area contributed by atoms with Crippen LogP contribution in [0, 0.1) is 10.1 Å². The van der Waals surface area contributed by atoms with E-state index >= 15 is 0 Å². The molecular formula is C11H14ClN3O3. The van der Waals surface area contributed by atoms with E-state index in [9.17, 15) is 10.1 Å². The SMILES string of the molecule is COC1(CNc2ncc([N+](=O)[O-])cc2Cl)CCC1. The average Bonchev–Trinajstić information content (AvgIpc) is 2.29. The summed E-state index contributed by atoms with van der Waals surface area (Å²) in [5.74, 6) is 0.450. The van der Waals surface area contributed by atoms with Gasteiger partial charge >= 0.3 is 0 Å². The largest absolute Gasteiger partial charge is 0.376 e. The summed E-state index contributed by atoms with van der Waals surface area (Å²) in [6.07, 6.45) is 4.34. The summed E-state index contributed by atoms with van der Waals surface area (Å²) in [4.78, 5) is 14.0. The van der Waals surface area contributed by atoms with E-state index in [1.54, 1.807) is 7.11 Å². The number of aromatic nitrogens is 1. The van der Waals surface area contributed by atoms with Gasteiger partial charge in [0.05, 0.1) is 15.5 Å². The minimum absolute atomic E-state index is 0.115. The van der Waals surface area contributed by atoms with Crippen molar-refractivity contribution < 1.29 is 9.66 Å². The molecule has 1 aliphatic rings. The quantitative estimate of drug-likeness (QED) is 0.658. The van der Waals surface area contributed by atoms with Crippen molar-refractivity contribution in [2.45, 2.75) is 24.9 Å². The number of hydrogen-bond donors (Lipinski definition) is 1. The van der Waals surface area contributed by atoms with Crippen molar-refractivity contribution in [3.8, 4) is 0 Å². The third-order valence-electron chi connectivity index (χ3n) is 3.31. The minimum Gasteiger partial charge on any atom is -0.376 e. The summed E-state index contributed by atoms with van der Waals surface area (Å²) in [6.45, 7) is 0.605. The molecule has 1 heterocycles. The van der Waals surface area contributed by atoms with Crippen molar-refractivity contribution in [3.63, 3.8) is 0 Å². The lowest BCUT2D eigenvalue weighted by atomic mass is 9.80. The highest BCUT2D eigenvalue weighted by molar-refractivity contribution is 6.33. The first-order valence-electron chi connectivity index (χ1n) is 5.65. The average molecular weight is 272 g/mol. The normalized spacial score (nSPS) is 17.0. The first kappa shape index (κ1) is 13.0. The molecule has 6 nitrogen and oxygen atoms in total. The van der Waals surface area contributed by atoms with Gasteiger partial charge in [-0.2, -0.15) is 0 Å². The molecule has 0 radical (unpaired) electrons. The first-order chi connectivity index (χ1) is 8.56. The third-order valence-corrected chi connectivity index (χ3v) is 3.60. The minimum atomic E-state index is -0.523.